The van der Waals surface area contributed by atoms with Gasteiger partial charge in [0.1, 0.15) is 18.2 Å². The molecule has 5 heterocycles. The maximum absolute atomic E-state index is 6.69. The highest BCUT2D eigenvalue weighted by Gasteiger charge is 2.33. The smallest absolute Gasteiger partial charge is 0.319 e. The summed E-state index contributed by atoms with van der Waals surface area (Å²) in [6, 6.07) is 18.9. The largest absolute Gasteiger partial charge is 0.457 e. The second-order valence-electron chi connectivity index (χ2n) is 10.8. The lowest BCUT2D eigenvalue weighted by atomic mass is 10.0. The molecule has 0 radical (unpaired) electrons. The van der Waals surface area contributed by atoms with E-state index in [-0.39, 0.29) is 6.61 Å². The first-order chi connectivity index (χ1) is 19.1. The molecule has 0 spiro atoms. The van der Waals surface area contributed by atoms with Crippen LogP contribution in [-0.4, -0.2) is 47.2 Å². The molecule has 2 atom stereocenters. The van der Waals surface area contributed by atoms with Crippen LogP contribution in [0, 0.1) is 5.92 Å². The number of hydrogen-bond acceptors (Lipinski definition) is 8. The Balaban J connectivity index is 1.24. The first-order valence-electron chi connectivity index (χ1n) is 13.8. The fraction of sp³-hybridized carbons (Fsp3) is 0.367. The van der Waals surface area contributed by atoms with E-state index in [0.717, 1.165) is 77.2 Å². The number of nitrogens with two attached hydrogens (primary N) is 1. The summed E-state index contributed by atoms with van der Waals surface area (Å²) >= 11 is 6.69. The van der Waals surface area contributed by atoms with E-state index >= 15 is 0 Å². The number of nitrogens with one attached hydrogen (secondary N) is 1. The highest BCUT2D eigenvalue weighted by molar-refractivity contribution is 6.36. The van der Waals surface area contributed by atoms with Gasteiger partial charge in [-0.1, -0.05) is 41.9 Å². The van der Waals surface area contributed by atoms with E-state index in [2.05, 4.69) is 44.4 Å². The number of hydrogen-bond donors (Lipinski definition) is 2. The van der Waals surface area contributed by atoms with Crippen LogP contribution < -0.4 is 25.6 Å². The lowest BCUT2D eigenvalue weighted by Crippen LogP contribution is -2.41. The van der Waals surface area contributed by atoms with Crippen LogP contribution in [0.3, 0.4) is 0 Å². The zero-order valence-corrected chi connectivity index (χ0v) is 22.6. The van der Waals surface area contributed by atoms with Gasteiger partial charge in [0.2, 0.25) is 0 Å². The van der Waals surface area contributed by atoms with Crippen molar-refractivity contribution in [3.8, 4) is 6.01 Å². The average molecular weight is 542 g/mol. The van der Waals surface area contributed by atoms with Crippen molar-refractivity contribution in [2.45, 2.75) is 38.5 Å². The Morgan fingerprint density at radius 1 is 1.00 bits per heavy atom. The van der Waals surface area contributed by atoms with Crippen molar-refractivity contribution < 1.29 is 4.74 Å². The van der Waals surface area contributed by atoms with Crippen molar-refractivity contribution in [1.82, 2.24) is 20.3 Å². The van der Waals surface area contributed by atoms with E-state index in [1.165, 1.54) is 18.4 Å². The van der Waals surface area contributed by atoms with Crippen molar-refractivity contribution >= 4 is 39.7 Å². The van der Waals surface area contributed by atoms with Gasteiger partial charge in [-0.3, -0.25) is 0 Å². The fourth-order valence-corrected chi connectivity index (χ4v) is 6.61. The number of ether oxygens (including phenoxy) is 1. The Morgan fingerprint density at radius 3 is 2.77 bits per heavy atom. The molecule has 2 aromatic heterocycles. The number of benzene rings is 2. The van der Waals surface area contributed by atoms with Crippen LogP contribution in [0.1, 0.15) is 29.8 Å². The van der Waals surface area contributed by atoms with E-state index in [0.29, 0.717) is 24.4 Å². The van der Waals surface area contributed by atoms with Gasteiger partial charge in [0, 0.05) is 42.3 Å². The Labute approximate surface area is 233 Å². The average Bonchev–Trinajstić information content (AvgIpc) is 3.29. The van der Waals surface area contributed by atoms with Gasteiger partial charge in [-0.25, -0.2) is 4.98 Å². The first-order valence-corrected chi connectivity index (χ1v) is 14.1. The normalized spacial score (nSPS) is 20.6. The van der Waals surface area contributed by atoms with Gasteiger partial charge in [-0.05, 0) is 61.4 Å². The topological polar surface area (TPSA) is 92.4 Å². The minimum absolute atomic E-state index is 0.262. The lowest BCUT2D eigenvalue weighted by molar-refractivity contribution is 0.275. The van der Waals surface area contributed by atoms with Crippen molar-refractivity contribution in [2.75, 3.05) is 41.7 Å². The van der Waals surface area contributed by atoms with Crippen LogP contribution in [0.25, 0.3) is 10.8 Å². The zero-order chi connectivity index (χ0) is 26.3. The SMILES string of the molecule is Nc1cccc(COc2nc3c(c(N4CCC5CNC(C5)C4)n2)CCN(c2cccc4cccc(Cl)c24)C3)n1. The number of pyridine rings is 1. The number of rotatable bonds is 5. The highest BCUT2D eigenvalue weighted by atomic mass is 35.5. The summed E-state index contributed by atoms with van der Waals surface area (Å²) < 4.78 is 6.15. The monoisotopic (exact) mass is 541 g/mol. The Morgan fingerprint density at radius 2 is 1.87 bits per heavy atom. The highest BCUT2D eigenvalue weighted by Crippen LogP contribution is 2.37. The van der Waals surface area contributed by atoms with E-state index in [4.69, 9.17) is 32.0 Å². The third kappa shape index (κ3) is 4.83. The predicted octanol–water partition coefficient (Wildman–Crippen LogP) is 4.59. The summed E-state index contributed by atoms with van der Waals surface area (Å²) in [5, 5.41) is 6.69. The molecule has 2 fully saturated rings. The van der Waals surface area contributed by atoms with Crippen LogP contribution in [0.15, 0.2) is 54.6 Å². The quantitative estimate of drug-likeness (QED) is 0.379. The molecular formula is C30H32ClN7O. The Hall–Kier alpha value is -3.62. The maximum Gasteiger partial charge on any atom is 0.319 e. The summed E-state index contributed by atoms with van der Waals surface area (Å²) in [5.41, 5.74) is 10.00. The molecule has 7 rings (SSSR count). The maximum atomic E-state index is 6.69. The van der Waals surface area contributed by atoms with Crippen LogP contribution >= 0.6 is 11.6 Å². The minimum atomic E-state index is 0.262. The minimum Gasteiger partial charge on any atom is -0.457 e. The summed E-state index contributed by atoms with van der Waals surface area (Å²) in [6.45, 7) is 4.89. The Bertz CT molecular complexity index is 1520. The van der Waals surface area contributed by atoms with Crippen LogP contribution in [-0.2, 0) is 19.6 Å². The third-order valence-electron chi connectivity index (χ3n) is 8.23. The van der Waals surface area contributed by atoms with Gasteiger partial charge in [0.05, 0.1) is 23.0 Å². The van der Waals surface area contributed by atoms with Gasteiger partial charge in [0.25, 0.3) is 0 Å². The molecule has 0 saturated carbocycles. The van der Waals surface area contributed by atoms with E-state index in [1.807, 2.05) is 24.3 Å². The number of anilines is 3. The van der Waals surface area contributed by atoms with Crippen molar-refractivity contribution in [1.29, 1.82) is 0 Å². The van der Waals surface area contributed by atoms with Crippen LogP contribution in [0.2, 0.25) is 5.02 Å². The van der Waals surface area contributed by atoms with Crippen LogP contribution in [0.5, 0.6) is 6.01 Å². The van der Waals surface area contributed by atoms with Crippen molar-refractivity contribution in [3.63, 3.8) is 0 Å². The zero-order valence-electron chi connectivity index (χ0n) is 21.8. The second kappa shape index (κ2) is 10.2. The van der Waals surface area contributed by atoms with Gasteiger partial charge in [-0.15, -0.1) is 0 Å². The van der Waals surface area contributed by atoms with E-state index in [1.54, 1.807) is 6.07 Å². The summed E-state index contributed by atoms with van der Waals surface area (Å²) in [7, 11) is 0. The second-order valence-corrected chi connectivity index (χ2v) is 11.2. The van der Waals surface area contributed by atoms with Gasteiger partial charge < -0.3 is 25.6 Å². The number of nitrogens with zero attached hydrogens (tertiary/aromatic N) is 5. The molecule has 4 aromatic rings. The van der Waals surface area contributed by atoms with Gasteiger partial charge in [-0.2, -0.15) is 9.97 Å². The first kappa shape index (κ1) is 24.4. The molecule has 9 heteroatoms. The van der Waals surface area contributed by atoms with Crippen LogP contribution in [0.4, 0.5) is 17.3 Å². The number of nitrogen functional groups attached to an aromatic ring is 1. The van der Waals surface area contributed by atoms with E-state index < -0.39 is 0 Å². The Kier molecular flexibility index (Phi) is 6.37. The molecule has 2 aromatic carbocycles. The fourth-order valence-electron chi connectivity index (χ4n) is 6.33. The number of aromatic nitrogens is 3. The molecule has 3 aliphatic rings. The molecule has 200 valence electrons. The van der Waals surface area contributed by atoms with Crippen molar-refractivity contribution in [3.05, 3.63) is 76.6 Å². The van der Waals surface area contributed by atoms with Crippen molar-refractivity contribution in [2.24, 2.45) is 5.92 Å². The molecular weight excluding hydrogens is 510 g/mol. The summed E-state index contributed by atoms with van der Waals surface area (Å²) in [4.78, 5) is 19.1. The molecule has 2 unspecified atom stereocenters. The van der Waals surface area contributed by atoms with E-state index in [9.17, 15) is 0 Å². The molecule has 3 N–H and O–H groups in total. The molecule has 3 aliphatic heterocycles. The molecule has 0 aliphatic carbocycles. The summed E-state index contributed by atoms with van der Waals surface area (Å²) in [6.07, 6.45) is 3.27. The van der Waals surface area contributed by atoms with Gasteiger partial charge >= 0.3 is 6.01 Å². The standard InChI is InChI=1S/C30H32ClN7O/c31-24-7-1-4-20-5-2-8-26(28(20)24)37-13-11-23-25(17-37)35-30(39-18-21-6-3-9-27(32)34-21)36-29(23)38-12-10-19-14-22(16-38)33-15-19/h1-9,19,22,33H,10-18H2,(H2,32,34). The van der Waals surface area contributed by atoms with Gasteiger partial charge in [0.15, 0.2) is 0 Å². The number of halogens is 1. The lowest BCUT2D eigenvalue weighted by Gasteiger charge is -2.35. The predicted molar refractivity (Wildman–Crippen MR) is 155 cm³/mol. The molecule has 0 amide bonds. The third-order valence-corrected chi connectivity index (χ3v) is 8.55. The molecule has 2 bridgehead atoms. The molecule has 8 nitrogen and oxygen atoms in total. The molecule has 39 heavy (non-hydrogen) atoms. The summed E-state index contributed by atoms with van der Waals surface area (Å²) in [5.74, 6) is 2.23. The molecule has 2 saturated heterocycles. The number of fused-ring (bicyclic) bond motifs is 4.